The highest BCUT2D eigenvalue weighted by Crippen LogP contribution is 2.52. The first-order valence-electron chi connectivity index (χ1n) is 18.3. The molecule has 14 nitrogen and oxygen atoms in total. The van der Waals surface area contributed by atoms with E-state index in [1.54, 1.807) is 36.8 Å². The van der Waals surface area contributed by atoms with Crippen molar-refractivity contribution in [3.05, 3.63) is 70.5 Å². The monoisotopic (exact) mass is 712 g/mol. The van der Waals surface area contributed by atoms with E-state index in [2.05, 4.69) is 48.0 Å². The number of hydrogen-bond acceptors (Lipinski definition) is 9. The van der Waals surface area contributed by atoms with Gasteiger partial charge in [0, 0.05) is 64.2 Å². The van der Waals surface area contributed by atoms with Crippen molar-refractivity contribution in [2.45, 2.75) is 50.6 Å². The van der Waals surface area contributed by atoms with Crippen LogP contribution >= 0.6 is 0 Å². The Balaban J connectivity index is 0.874. The first-order valence-corrected chi connectivity index (χ1v) is 18.3. The van der Waals surface area contributed by atoms with E-state index in [1.807, 2.05) is 36.5 Å². The van der Waals surface area contributed by atoms with Gasteiger partial charge >= 0.3 is 5.69 Å². The van der Waals surface area contributed by atoms with Crippen LogP contribution in [0.3, 0.4) is 0 Å². The molecule has 4 atom stereocenters. The number of anilines is 3. The molecule has 2 aliphatic carbocycles. The number of rotatable bonds is 6. The number of imidazole rings is 1. The van der Waals surface area contributed by atoms with E-state index < -0.39 is 11.9 Å². The van der Waals surface area contributed by atoms with E-state index in [1.165, 1.54) is 4.57 Å². The first kappa shape index (κ1) is 32.9. The smallest absolute Gasteiger partial charge is 0.329 e. The number of aromatic nitrogens is 6. The van der Waals surface area contributed by atoms with Crippen LogP contribution < -0.4 is 21.2 Å². The molecule has 9 rings (SSSR count). The minimum Gasteiger partial charge on any atom is -0.370 e. The number of aryl methyl sites for hydroxylation is 1. The summed E-state index contributed by atoms with van der Waals surface area (Å²) in [6.45, 7) is 1.78. The Morgan fingerprint density at radius 1 is 0.981 bits per heavy atom. The number of amides is 3. The number of pyridine rings is 1. The maximum absolute atomic E-state index is 13.3. The van der Waals surface area contributed by atoms with Crippen molar-refractivity contribution in [3.63, 3.8) is 0 Å². The molecule has 1 unspecified atom stereocenters. The summed E-state index contributed by atoms with van der Waals surface area (Å²) in [5, 5.41) is 6.47. The van der Waals surface area contributed by atoms with E-state index in [0.717, 1.165) is 61.1 Å². The Kier molecular flexibility index (Phi) is 7.83. The molecule has 6 heterocycles. The highest BCUT2D eigenvalue weighted by Gasteiger charge is 2.55. The number of fused-ring (bicyclic) bond motifs is 3. The molecule has 4 aromatic heterocycles. The lowest BCUT2D eigenvalue weighted by atomic mass is 10.1. The highest BCUT2D eigenvalue weighted by atomic mass is 16.2. The molecule has 1 aromatic carbocycles. The van der Waals surface area contributed by atoms with Gasteiger partial charge in [0.25, 0.3) is 5.91 Å². The van der Waals surface area contributed by atoms with E-state index in [-0.39, 0.29) is 35.9 Å². The van der Waals surface area contributed by atoms with E-state index in [4.69, 9.17) is 4.98 Å². The van der Waals surface area contributed by atoms with Crippen molar-refractivity contribution in [3.8, 4) is 11.8 Å². The number of para-hydroxylation sites is 1. The van der Waals surface area contributed by atoms with Crippen LogP contribution in [0.2, 0.25) is 0 Å². The Morgan fingerprint density at radius 2 is 1.77 bits per heavy atom. The third-order valence-corrected chi connectivity index (χ3v) is 11.4. The number of nitrogens with one attached hydrogen (secondary N) is 2. The summed E-state index contributed by atoms with van der Waals surface area (Å²) in [6.07, 6.45) is 8.47. The predicted molar refractivity (Wildman–Crippen MR) is 199 cm³/mol. The summed E-state index contributed by atoms with van der Waals surface area (Å²) in [5.41, 5.74) is 4.24. The molecule has 5 aromatic rings. The van der Waals surface area contributed by atoms with E-state index >= 15 is 0 Å². The molecule has 4 fully saturated rings. The topological polar surface area (TPSA) is 152 Å². The highest BCUT2D eigenvalue weighted by molar-refractivity contribution is 6.00. The van der Waals surface area contributed by atoms with E-state index in [0.29, 0.717) is 46.8 Å². The summed E-state index contributed by atoms with van der Waals surface area (Å²) in [7, 11) is 5.24. The van der Waals surface area contributed by atoms with Crippen molar-refractivity contribution in [2.24, 2.45) is 24.8 Å². The third-order valence-electron chi connectivity index (χ3n) is 11.4. The molecule has 270 valence electrons. The Bertz CT molecular complexity index is 2430. The fourth-order valence-corrected chi connectivity index (χ4v) is 8.64. The minimum atomic E-state index is -0.730. The van der Waals surface area contributed by atoms with Crippen LogP contribution in [0.25, 0.3) is 22.1 Å². The number of carbonyl (C=O) groups excluding carboxylic acids is 3. The summed E-state index contributed by atoms with van der Waals surface area (Å²) < 4.78 is 5.15. The van der Waals surface area contributed by atoms with Crippen LogP contribution in [0.15, 0.2) is 53.6 Å². The van der Waals surface area contributed by atoms with Gasteiger partial charge in [0.15, 0.2) is 0 Å². The summed E-state index contributed by atoms with van der Waals surface area (Å²) >= 11 is 0. The van der Waals surface area contributed by atoms with Gasteiger partial charge in [-0.15, -0.1) is 0 Å². The zero-order valence-electron chi connectivity index (χ0n) is 29.9. The number of imide groups is 1. The molecule has 53 heavy (non-hydrogen) atoms. The maximum atomic E-state index is 13.3. The molecule has 3 amide bonds. The fraction of sp³-hybridized carbons (Fsp3) is 0.410. The number of piperidine rings is 2. The quantitative estimate of drug-likeness (QED) is 0.198. The molecule has 2 aliphatic heterocycles. The number of hydrogen-bond donors (Lipinski definition) is 2. The van der Waals surface area contributed by atoms with Crippen molar-refractivity contribution in [1.82, 2.24) is 38.9 Å². The lowest BCUT2D eigenvalue weighted by molar-refractivity contribution is -0.135. The summed E-state index contributed by atoms with van der Waals surface area (Å²) in [5.74, 6) is 8.30. The average Bonchev–Trinajstić information content (AvgIpc) is 3.69. The van der Waals surface area contributed by atoms with Gasteiger partial charge < -0.3 is 19.7 Å². The molecule has 2 saturated carbocycles. The normalized spacial score (nSPS) is 22.5. The second kappa shape index (κ2) is 12.6. The largest absolute Gasteiger partial charge is 0.370 e. The Hall–Kier alpha value is -5.97. The van der Waals surface area contributed by atoms with Gasteiger partial charge in [-0.3, -0.25) is 28.8 Å². The zero-order valence-corrected chi connectivity index (χ0v) is 29.9. The van der Waals surface area contributed by atoms with Crippen LogP contribution in [0.5, 0.6) is 0 Å². The number of carbonyl (C=O) groups is 3. The molecule has 0 bridgehead atoms. The standard InChI is InChI=1S/C39H40N10O4/c1-45(2)37(52)31-17-23-18-41-38(44-35(23)48(31)24-8-4-5-9-24)42-32-15-12-25(19-40-32)47-20-27-26(28(27)21-47)13-11-22-7-6-10-29-34(22)46(3)39(53)49(29)30-14-16-33(50)43-36(30)51/h6-7,10,12,15,17-19,24,26-28,30H,4-5,8-9,14,16,20-21H2,1-3H3,(H,43,50,51)(H,40,41,42,44)/t26?,27-,28+,30-/m0/s1. The second-order valence-electron chi connectivity index (χ2n) is 14.9. The number of nitrogens with zero attached hydrogens (tertiary/aromatic N) is 8. The zero-order chi connectivity index (χ0) is 36.5. The van der Waals surface area contributed by atoms with Crippen molar-refractivity contribution in [1.29, 1.82) is 0 Å². The Labute approximate surface area is 305 Å². The lowest BCUT2D eigenvalue weighted by Crippen LogP contribution is -2.44. The van der Waals surface area contributed by atoms with Gasteiger partial charge in [-0.2, -0.15) is 4.98 Å². The molecule has 2 N–H and O–H groups in total. The van der Waals surface area contributed by atoms with E-state index in [9.17, 15) is 19.2 Å². The average molecular weight is 713 g/mol. The van der Waals surface area contributed by atoms with Gasteiger partial charge in [-0.1, -0.05) is 30.7 Å². The fourth-order valence-electron chi connectivity index (χ4n) is 8.64. The molecule has 0 radical (unpaired) electrons. The van der Waals surface area contributed by atoms with Crippen molar-refractivity contribution >= 4 is 57.2 Å². The minimum absolute atomic E-state index is 0.0375. The first-order chi connectivity index (χ1) is 25.7. The van der Waals surface area contributed by atoms with Gasteiger partial charge in [0.1, 0.15) is 23.2 Å². The van der Waals surface area contributed by atoms with Crippen LogP contribution in [-0.4, -0.2) is 78.5 Å². The second-order valence-corrected chi connectivity index (χ2v) is 14.9. The molecular weight excluding hydrogens is 672 g/mol. The van der Waals surface area contributed by atoms with Crippen molar-refractivity contribution < 1.29 is 14.4 Å². The molecular formula is C39H40N10O4. The molecule has 4 aliphatic rings. The molecule has 2 saturated heterocycles. The van der Waals surface area contributed by atoms with Gasteiger partial charge in [0.05, 0.1) is 28.5 Å². The summed E-state index contributed by atoms with van der Waals surface area (Å²) in [6, 6.07) is 11.0. The van der Waals surface area contributed by atoms with Crippen LogP contribution in [0.4, 0.5) is 17.5 Å². The lowest BCUT2D eigenvalue weighted by Gasteiger charge is -2.21. The van der Waals surface area contributed by atoms with Gasteiger partial charge in [-0.05, 0) is 61.4 Å². The van der Waals surface area contributed by atoms with Crippen LogP contribution in [0.1, 0.15) is 66.7 Å². The van der Waals surface area contributed by atoms with Crippen LogP contribution in [0, 0.1) is 29.6 Å². The van der Waals surface area contributed by atoms with Gasteiger partial charge in [0.2, 0.25) is 17.8 Å². The number of benzene rings is 1. The Morgan fingerprint density at radius 3 is 2.49 bits per heavy atom. The third kappa shape index (κ3) is 5.62. The SMILES string of the molecule is CN(C)C(=O)c1cc2cnc(Nc3ccc(N4C[C@@H]5C(C#Cc6cccc7c6n(C)c(=O)n7[C@H]6CCC(=O)NC6=O)[C@@H]5C4)cn3)nc2n1C1CCCC1. The van der Waals surface area contributed by atoms with Crippen molar-refractivity contribution in [2.75, 3.05) is 37.4 Å². The van der Waals surface area contributed by atoms with Crippen LogP contribution in [-0.2, 0) is 16.6 Å². The maximum Gasteiger partial charge on any atom is 0.329 e. The summed E-state index contributed by atoms with van der Waals surface area (Å²) in [4.78, 5) is 68.7. The molecule has 14 heteroatoms. The molecule has 0 spiro atoms. The predicted octanol–water partition coefficient (Wildman–Crippen LogP) is 3.75. The van der Waals surface area contributed by atoms with Gasteiger partial charge in [-0.25, -0.2) is 14.8 Å².